The fourth-order valence-corrected chi connectivity index (χ4v) is 1.99. The minimum absolute atomic E-state index is 0.210. The minimum atomic E-state index is -0.520. The van der Waals surface area contributed by atoms with E-state index in [1.54, 1.807) is 43.5 Å². The molecule has 1 aromatic heterocycles. The number of fused-ring (bicyclic) bond motifs is 1. The van der Waals surface area contributed by atoms with Crippen LogP contribution in [0.2, 0.25) is 0 Å². The number of hydrogen-bond donors (Lipinski definition) is 2. The van der Waals surface area contributed by atoms with Gasteiger partial charge in [-0.3, -0.25) is 14.6 Å². The Morgan fingerprint density at radius 3 is 3.00 bits per heavy atom. The lowest BCUT2D eigenvalue weighted by molar-refractivity contribution is -0.122. The van der Waals surface area contributed by atoms with Crippen LogP contribution in [0, 0.1) is 0 Å². The lowest BCUT2D eigenvalue weighted by Crippen LogP contribution is -2.34. The molecule has 0 saturated heterocycles. The van der Waals surface area contributed by atoms with Gasteiger partial charge in [0.25, 0.3) is 11.8 Å². The topological polar surface area (TPSA) is 80.3 Å². The number of carbonyl (C=O) groups is 2. The molecule has 0 saturated carbocycles. The molecule has 106 valence electrons. The van der Waals surface area contributed by atoms with Crippen molar-refractivity contribution in [2.45, 2.75) is 13.0 Å². The van der Waals surface area contributed by atoms with E-state index in [4.69, 9.17) is 4.74 Å². The number of anilines is 2. The van der Waals surface area contributed by atoms with E-state index in [0.29, 0.717) is 22.7 Å². The van der Waals surface area contributed by atoms with Crippen LogP contribution in [0.3, 0.4) is 0 Å². The van der Waals surface area contributed by atoms with Gasteiger partial charge >= 0.3 is 0 Å². The third-order valence-corrected chi connectivity index (χ3v) is 3.09. The van der Waals surface area contributed by atoms with Gasteiger partial charge in [0.05, 0.1) is 11.3 Å². The van der Waals surface area contributed by atoms with Gasteiger partial charge in [-0.1, -0.05) is 0 Å². The summed E-state index contributed by atoms with van der Waals surface area (Å²) in [5.41, 5.74) is 1.58. The molecule has 1 aliphatic rings. The molecule has 3 rings (SSSR count). The lowest BCUT2D eigenvalue weighted by Gasteiger charge is -2.23. The van der Waals surface area contributed by atoms with Crippen molar-refractivity contribution in [3.8, 4) is 5.75 Å². The summed E-state index contributed by atoms with van der Waals surface area (Å²) < 4.78 is 5.45. The fraction of sp³-hybridized carbons (Fsp3) is 0.133. The maximum atomic E-state index is 12.0. The molecule has 0 aliphatic carbocycles. The average molecular weight is 283 g/mol. The van der Waals surface area contributed by atoms with Gasteiger partial charge in [-0.2, -0.15) is 0 Å². The van der Waals surface area contributed by atoms with Gasteiger partial charge < -0.3 is 15.4 Å². The molecule has 6 nitrogen and oxygen atoms in total. The van der Waals surface area contributed by atoms with Crippen LogP contribution < -0.4 is 15.4 Å². The Labute approximate surface area is 121 Å². The summed E-state index contributed by atoms with van der Waals surface area (Å²) in [4.78, 5) is 27.5. The number of carbonyl (C=O) groups excluding carboxylic acids is 2. The van der Waals surface area contributed by atoms with Gasteiger partial charge in [0.1, 0.15) is 5.75 Å². The number of nitrogens with zero attached hydrogens (tertiary/aromatic N) is 1. The second kappa shape index (κ2) is 5.24. The Bertz CT molecular complexity index is 701. The normalized spacial score (nSPS) is 16.4. The molecule has 6 heteroatoms. The van der Waals surface area contributed by atoms with E-state index in [-0.39, 0.29) is 11.8 Å². The lowest BCUT2D eigenvalue weighted by atomic mass is 10.2. The highest BCUT2D eigenvalue weighted by molar-refractivity contribution is 6.05. The summed E-state index contributed by atoms with van der Waals surface area (Å²) in [5.74, 6) is 0.110. The van der Waals surface area contributed by atoms with Gasteiger partial charge in [0.15, 0.2) is 6.10 Å². The summed E-state index contributed by atoms with van der Waals surface area (Å²) in [5, 5.41) is 5.48. The largest absolute Gasteiger partial charge is 0.479 e. The summed E-state index contributed by atoms with van der Waals surface area (Å²) in [6.07, 6.45) is 2.57. The maximum absolute atomic E-state index is 12.0. The van der Waals surface area contributed by atoms with Gasteiger partial charge in [-0.05, 0) is 37.3 Å². The monoisotopic (exact) mass is 283 g/mol. The first-order valence-electron chi connectivity index (χ1n) is 6.46. The van der Waals surface area contributed by atoms with Gasteiger partial charge in [0, 0.05) is 18.1 Å². The average Bonchev–Trinajstić information content (AvgIpc) is 2.49. The third kappa shape index (κ3) is 2.69. The first-order chi connectivity index (χ1) is 10.1. The molecule has 0 radical (unpaired) electrons. The Hall–Kier alpha value is -2.89. The summed E-state index contributed by atoms with van der Waals surface area (Å²) in [6.45, 7) is 1.68. The third-order valence-electron chi connectivity index (χ3n) is 3.09. The Morgan fingerprint density at radius 1 is 1.38 bits per heavy atom. The molecule has 2 heterocycles. The number of amides is 2. The van der Waals surface area contributed by atoms with Crippen molar-refractivity contribution in [2.24, 2.45) is 0 Å². The van der Waals surface area contributed by atoms with Crippen LogP contribution in [0.15, 0.2) is 42.7 Å². The molecule has 0 spiro atoms. The molecular formula is C15H13N3O3. The molecule has 2 aromatic rings. The van der Waals surface area contributed by atoms with Crippen molar-refractivity contribution in [3.63, 3.8) is 0 Å². The zero-order valence-electron chi connectivity index (χ0n) is 11.3. The number of hydrogen-bond acceptors (Lipinski definition) is 4. The number of aromatic nitrogens is 1. The van der Waals surface area contributed by atoms with Crippen LogP contribution in [0.5, 0.6) is 5.75 Å². The van der Waals surface area contributed by atoms with Crippen LogP contribution in [-0.2, 0) is 4.79 Å². The quantitative estimate of drug-likeness (QED) is 0.884. The van der Waals surface area contributed by atoms with Crippen molar-refractivity contribution in [2.75, 3.05) is 10.6 Å². The number of pyridine rings is 1. The van der Waals surface area contributed by atoms with E-state index in [2.05, 4.69) is 15.6 Å². The van der Waals surface area contributed by atoms with Crippen molar-refractivity contribution >= 4 is 23.2 Å². The number of ether oxygens (including phenoxy) is 1. The highest BCUT2D eigenvalue weighted by Gasteiger charge is 2.23. The molecule has 1 atom stereocenters. The second-order valence-corrected chi connectivity index (χ2v) is 4.66. The molecule has 0 fully saturated rings. The molecule has 1 aliphatic heterocycles. The van der Waals surface area contributed by atoms with Gasteiger partial charge in [0.2, 0.25) is 0 Å². The van der Waals surface area contributed by atoms with Crippen molar-refractivity contribution in [3.05, 3.63) is 48.3 Å². The van der Waals surface area contributed by atoms with E-state index in [1.165, 1.54) is 6.20 Å². The minimum Gasteiger partial charge on any atom is -0.479 e. The standard InChI is InChI=1S/C15H13N3O3/c1-9-14(19)18-12-7-11(4-5-13(12)21-9)17-15(20)10-3-2-6-16-8-10/h2-9H,1H3,(H,17,20)(H,18,19). The first kappa shape index (κ1) is 13.1. The van der Waals surface area contributed by atoms with Crippen LogP contribution >= 0.6 is 0 Å². The Kier molecular flexibility index (Phi) is 3.27. The number of rotatable bonds is 2. The van der Waals surface area contributed by atoms with Crippen LogP contribution in [-0.4, -0.2) is 22.9 Å². The first-order valence-corrected chi connectivity index (χ1v) is 6.46. The molecule has 0 bridgehead atoms. The Morgan fingerprint density at radius 2 is 2.24 bits per heavy atom. The van der Waals surface area contributed by atoms with Crippen molar-refractivity contribution < 1.29 is 14.3 Å². The predicted molar refractivity (Wildman–Crippen MR) is 77.4 cm³/mol. The number of benzene rings is 1. The summed E-state index contributed by atoms with van der Waals surface area (Å²) >= 11 is 0. The summed E-state index contributed by atoms with van der Waals surface area (Å²) in [6, 6.07) is 8.46. The molecular weight excluding hydrogens is 270 g/mol. The van der Waals surface area contributed by atoms with Crippen molar-refractivity contribution in [1.29, 1.82) is 0 Å². The smallest absolute Gasteiger partial charge is 0.265 e. The molecule has 2 amide bonds. The van der Waals surface area contributed by atoms with Crippen LogP contribution in [0.4, 0.5) is 11.4 Å². The van der Waals surface area contributed by atoms with E-state index in [0.717, 1.165) is 0 Å². The van der Waals surface area contributed by atoms with Gasteiger partial charge in [-0.25, -0.2) is 0 Å². The maximum Gasteiger partial charge on any atom is 0.265 e. The van der Waals surface area contributed by atoms with E-state index in [9.17, 15) is 9.59 Å². The molecule has 21 heavy (non-hydrogen) atoms. The van der Waals surface area contributed by atoms with E-state index < -0.39 is 6.10 Å². The fourth-order valence-electron chi connectivity index (χ4n) is 1.99. The zero-order chi connectivity index (χ0) is 14.8. The second-order valence-electron chi connectivity index (χ2n) is 4.66. The van der Waals surface area contributed by atoms with Crippen LogP contribution in [0.25, 0.3) is 0 Å². The van der Waals surface area contributed by atoms with E-state index >= 15 is 0 Å². The Balaban J connectivity index is 1.80. The van der Waals surface area contributed by atoms with E-state index in [1.807, 2.05) is 0 Å². The molecule has 2 N–H and O–H groups in total. The van der Waals surface area contributed by atoms with Gasteiger partial charge in [-0.15, -0.1) is 0 Å². The molecule has 1 aromatic carbocycles. The zero-order valence-corrected chi connectivity index (χ0v) is 11.3. The van der Waals surface area contributed by atoms with Crippen LogP contribution in [0.1, 0.15) is 17.3 Å². The predicted octanol–water partition coefficient (Wildman–Crippen LogP) is 2.05. The summed E-state index contributed by atoms with van der Waals surface area (Å²) in [7, 11) is 0. The van der Waals surface area contributed by atoms with Crippen molar-refractivity contribution in [1.82, 2.24) is 4.98 Å². The SMILES string of the molecule is CC1Oc2ccc(NC(=O)c3cccnc3)cc2NC1=O. The number of nitrogens with one attached hydrogen (secondary N) is 2. The highest BCUT2D eigenvalue weighted by Crippen LogP contribution is 2.32. The highest BCUT2D eigenvalue weighted by atomic mass is 16.5. The molecule has 1 unspecified atom stereocenters.